The molecule has 1 aliphatic carbocycles. The molecule has 25 heavy (non-hydrogen) atoms. The summed E-state index contributed by atoms with van der Waals surface area (Å²) in [5, 5.41) is 14.5. The van der Waals surface area contributed by atoms with E-state index in [9.17, 15) is 23.7 Å². The van der Waals surface area contributed by atoms with Crippen molar-refractivity contribution in [3.63, 3.8) is 0 Å². The van der Waals surface area contributed by atoms with Gasteiger partial charge in [0, 0.05) is 31.0 Å². The lowest BCUT2D eigenvalue weighted by atomic mass is 9.89. The standard InChI is InChI=1S/C15H13F2N3O5/c16-15(17)25-13-5-6-18-19(13)11-7-12(8-11)24-14(21)9-1-3-10(4-2-9)20(22)23/h1-6,11-12,15H,7-8H2. The van der Waals surface area contributed by atoms with Gasteiger partial charge in [-0.1, -0.05) is 0 Å². The molecule has 0 saturated heterocycles. The number of hydrogen-bond donors (Lipinski definition) is 0. The quantitative estimate of drug-likeness (QED) is 0.450. The molecule has 3 rings (SSSR count). The Morgan fingerprint density at radius 3 is 2.56 bits per heavy atom. The SMILES string of the molecule is O=C(OC1CC(n2nccc2OC(F)F)C1)c1ccc([N+](=O)[O-])cc1. The predicted octanol–water partition coefficient (Wildman–Crippen LogP) is 2.95. The van der Waals surface area contributed by atoms with E-state index in [2.05, 4.69) is 9.84 Å². The summed E-state index contributed by atoms with van der Waals surface area (Å²) in [5.41, 5.74) is 0.0837. The summed E-state index contributed by atoms with van der Waals surface area (Å²) in [6, 6.07) is 6.22. The van der Waals surface area contributed by atoms with Gasteiger partial charge < -0.3 is 9.47 Å². The van der Waals surface area contributed by atoms with Gasteiger partial charge in [0.25, 0.3) is 5.69 Å². The zero-order chi connectivity index (χ0) is 18.0. The molecule has 0 atom stereocenters. The van der Waals surface area contributed by atoms with Crippen molar-refractivity contribution in [2.24, 2.45) is 0 Å². The number of benzene rings is 1. The van der Waals surface area contributed by atoms with Gasteiger partial charge in [-0.15, -0.1) is 0 Å². The Balaban J connectivity index is 1.54. The fraction of sp³-hybridized carbons (Fsp3) is 0.333. The number of nitro groups is 1. The van der Waals surface area contributed by atoms with Crippen molar-refractivity contribution in [2.45, 2.75) is 31.6 Å². The summed E-state index contributed by atoms with van der Waals surface area (Å²) in [4.78, 5) is 22.0. The number of carbonyl (C=O) groups is 1. The Morgan fingerprint density at radius 1 is 1.28 bits per heavy atom. The maximum atomic E-state index is 12.3. The van der Waals surface area contributed by atoms with Crippen LogP contribution in [0.1, 0.15) is 29.2 Å². The lowest BCUT2D eigenvalue weighted by Gasteiger charge is -2.35. The first-order valence-corrected chi connectivity index (χ1v) is 7.38. The average molecular weight is 353 g/mol. The number of halogens is 2. The van der Waals surface area contributed by atoms with E-state index in [4.69, 9.17) is 4.74 Å². The van der Waals surface area contributed by atoms with Crippen LogP contribution in [-0.2, 0) is 4.74 Å². The highest BCUT2D eigenvalue weighted by atomic mass is 19.3. The molecule has 0 spiro atoms. The first-order chi connectivity index (χ1) is 11.9. The maximum Gasteiger partial charge on any atom is 0.388 e. The third kappa shape index (κ3) is 3.73. The van der Waals surface area contributed by atoms with E-state index in [1.165, 1.54) is 41.2 Å². The van der Waals surface area contributed by atoms with E-state index in [1.807, 2.05) is 0 Å². The molecule has 1 aromatic heterocycles. The molecular weight excluding hydrogens is 340 g/mol. The Labute approximate surface area is 140 Å². The second-order valence-electron chi connectivity index (χ2n) is 5.45. The fourth-order valence-electron chi connectivity index (χ4n) is 2.53. The Morgan fingerprint density at radius 2 is 1.96 bits per heavy atom. The van der Waals surface area contributed by atoms with Crippen LogP contribution in [0.3, 0.4) is 0 Å². The molecule has 0 aliphatic heterocycles. The molecule has 0 unspecified atom stereocenters. The normalized spacial score (nSPS) is 19.3. The molecule has 1 aromatic carbocycles. The van der Waals surface area contributed by atoms with Gasteiger partial charge in [-0.05, 0) is 12.1 Å². The highest BCUT2D eigenvalue weighted by Crippen LogP contribution is 2.37. The van der Waals surface area contributed by atoms with E-state index < -0.39 is 17.5 Å². The van der Waals surface area contributed by atoms with Crippen molar-refractivity contribution in [3.8, 4) is 5.88 Å². The number of nitrogens with zero attached hydrogens (tertiary/aromatic N) is 3. The second kappa shape index (κ2) is 6.83. The molecule has 1 heterocycles. The summed E-state index contributed by atoms with van der Waals surface area (Å²) in [6.45, 7) is -2.94. The summed E-state index contributed by atoms with van der Waals surface area (Å²) in [6.07, 6.45) is 1.81. The number of carbonyl (C=O) groups excluding carboxylic acids is 1. The number of alkyl halides is 2. The van der Waals surface area contributed by atoms with Crippen LogP contribution in [0, 0.1) is 10.1 Å². The van der Waals surface area contributed by atoms with Crippen LogP contribution in [0.25, 0.3) is 0 Å². The molecule has 0 radical (unpaired) electrons. The van der Waals surface area contributed by atoms with Gasteiger partial charge in [0.05, 0.1) is 22.7 Å². The third-order valence-electron chi connectivity index (χ3n) is 3.85. The van der Waals surface area contributed by atoms with Gasteiger partial charge in [0.1, 0.15) is 6.10 Å². The molecular formula is C15H13F2N3O5. The summed E-state index contributed by atoms with van der Waals surface area (Å²) < 4.78 is 35.6. The number of hydrogen-bond acceptors (Lipinski definition) is 6. The molecule has 0 bridgehead atoms. The van der Waals surface area contributed by atoms with Crippen molar-refractivity contribution >= 4 is 11.7 Å². The average Bonchev–Trinajstić information content (AvgIpc) is 2.97. The monoisotopic (exact) mass is 353 g/mol. The third-order valence-corrected chi connectivity index (χ3v) is 3.85. The van der Waals surface area contributed by atoms with Crippen molar-refractivity contribution in [1.29, 1.82) is 0 Å². The molecule has 132 valence electrons. The van der Waals surface area contributed by atoms with Crippen molar-refractivity contribution in [3.05, 3.63) is 52.2 Å². The molecule has 10 heteroatoms. The van der Waals surface area contributed by atoms with Crippen LogP contribution in [0.4, 0.5) is 14.5 Å². The summed E-state index contributed by atoms with van der Waals surface area (Å²) >= 11 is 0. The summed E-state index contributed by atoms with van der Waals surface area (Å²) in [5.74, 6) is -0.636. The number of aromatic nitrogens is 2. The van der Waals surface area contributed by atoms with Crippen LogP contribution in [-0.4, -0.2) is 33.4 Å². The molecule has 8 nitrogen and oxygen atoms in total. The highest BCUT2D eigenvalue weighted by molar-refractivity contribution is 5.89. The topological polar surface area (TPSA) is 96.5 Å². The number of ether oxygens (including phenoxy) is 2. The van der Waals surface area contributed by atoms with E-state index >= 15 is 0 Å². The van der Waals surface area contributed by atoms with Crippen LogP contribution in [0.5, 0.6) is 5.88 Å². The van der Waals surface area contributed by atoms with Gasteiger partial charge in [0.15, 0.2) is 0 Å². The van der Waals surface area contributed by atoms with Gasteiger partial charge in [-0.25, -0.2) is 9.48 Å². The predicted molar refractivity (Wildman–Crippen MR) is 79.4 cm³/mol. The molecule has 1 saturated carbocycles. The number of rotatable bonds is 6. The Hall–Kier alpha value is -3.04. The van der Waals surface area contributed by atoms with Crippen molar-refractivity contribution in [1.82, 2.24) is 9.78 Å². The number of esters is 1. The second-order valence-corrected chi connectivity index (χ2v) is 5.45. The minimum atomic E-state index is -2.94. The van der Waals surface area contributed by atoms with Gasteiger partial charge in [-0.3, -0.25) is 10.1 Å². The minimum absolute atomic E-state index is 0.0415. The first-order valence-electron chi connectivity index (χ1n) is 7.38. The Kier molecular flexibility index (Phi) is 4.59. The molecule has 2 aromatic rings. The van der Waals surface area contributed by atoms with Crippen molar-refractivity contribution in [2.75, 3.05) is 0 Å². The number of nitro benzene ring substituents is 1. The van der Waals surface area contributed by atoms with E-state index in [1.54, 1.807) is 0 Å². The minimum Gasteiger partial charge on any atom is -0.459 e. The maximum absolute atomic E-state index is 12.3. The van der Waals surface area contributed by atoms with E-state index in [-0.39, 0.29) is 29.3 Å². The highest BCUT2D eigenvalue weighted by Gasteiger charge is 2.36. The van der Waals surface area contributed by atoms with E-state index in [0.29, 0.717) is 12.8 Å². The van der Waals surface area contributed by atoms with Gasteiger partial charge in [0.2, 0.25) is 5.88 Å². The van der Waals surface area contributed by atoms with Crippen molar-refractivity contribution < 1.29 is 28.0 Å². The van der Waals surface area contributed by atoms with Crippen LogP contribution >= 0.6 is 0 Å². The lowest BCUT2D eigenvalue weighted by Crippen LogP contribution is -2.35. The number of non-ortho nitro benzene ring substituents is 1. The Bertz CT molecular complexity index is 772. The fourth-order valence-corrected chi connectivity index (χ4v) is 2.53. The van der Waals surface area contributed by atoms with Gasteiger partial charge >= 0.3 is 12.6 Å². The van der Waals surface area contributed by atoms with Crippen LogP contribution < -0.4 is 4.74 Å². The zero-order valence-electron chi connectivity index (χ0n) is 12.7. The van der Waals surface area contributed by atoms with Crippen LogP contribution in [0.2, 0.25) is 0 Å². The van der Waals surface area contributed by atoms with E-state index in [0.717, 1.165) is 0 Å². The zero-order valence-corrected chi connectivity index (χ0v) is 12.7. The van der Waals surface area contributed by atoms with Crippen LogP contribution in [0.15, 0.2) is 36.5 Å². The first kappa shape index (κ1) is 16.8. The summed E-state index contributed by atoms with van der Waals surface area (Å²) in [7, 11) is 0. The molecule has 1 aliphatic rings. The molecule has 1 fully saturated rings. The molecule has 0 amide bonds. The van der Waals surface area contributed by atoms with Gasteiger partial charge in [-0.2, -0.15) is 13.9 Å². The smallest absolute Gasteiger partial charge is 0.388 e. The molecule has 0 N–H and O–H groups in total. The largest absolute Gasteiger partial charge is 0.459 e. The lowest BCUT2D eigenvalue weighted by molar-refractivity contribution is -0.384.